The molecule has 0 radical (unpaired) electrons. The largest absolute Gasteiger partial charge is 0.481 e. The third-order valence-corrected chi connectivity index (χ3v) is 8.90. The molecule has 0 saturated heterocycles. The highest BCUT2D eigenvalue weighted by Crippen LogP contribution is 2.44. The Labute approximate surface area is 176 Å². The minimum atomic E-state index is -4.96. The number of nitrogens with zero attached hydrogens (tertiary/aromatic N) is 1. The topological polar surface area (TPSA) is 158 Å². The molecule has 0 saturated carbocycles. The first-order chi connectivity index (χ1) is 13.7. The van der Waals surface area contributed by atoms with Crippen molar-refractivity contribution in [2.45, 2.75) is 68.8 Å². The van der Waals surface area contributed by atoms with E-state index in [4.69, 9.17) is 14.2 Å². The number of benzene rings is 1. The number of hydrogen-bond donors (Lipinski definition) is 3. The zero-order chi connectivity index (χ0) is 22.7. The highest BCUT2D eigenvalue weighted by molar-refractivity contribution is 8.03. The molecule has 168 valence electrons. The lowest BCUT2D eigenvalue weighted by molar-refractivity contribution is -0.137. The average molecular weight is 462 g/mol. The molecule has 0 fully saturated rings. The summed E-state index contributed by atoms with van der Waals surface area (Å²) >= 11 is 0. The molecule has 0 bridgehead atoms. The first kappa shape index (κ1) is 24.4. The molecule has 1 aliphatic heterocycles. The van der Waals surface area contributed by atoms with Crippen molar-refractivity contribution in [2.75, 3.05) is 0 Å². The second-order valence-corrected chi connectivity index (χ2v) is 11.3. The van der Waals surface area contributed by atoms with Crippen LogP contribution in [0.3, 0.4) is 0 Å². The van der Waals surface area contributed by atoms with E-state index in [1.54, 1.807) is 12.1 Å². The number of carboxylic acids is 1. The van der Waals surface area contributed by atoms with Gasteiger partial charge in [0.25, 0.3) is 20.2 Å². The molecule has 1 heterocycles. The standard InChI is InChI=1S/C19H27NO8S2/c1-13-19(2,11-5-3-4-6-17(21)22)15-12-14(7-9-16(15)20-13)8-10-18(29(23,24)25)30(26,27)28/h7,9,12,18H,3-6,8,10-11H2,1-2H3,(H,21,22)(H,23,24,25)(H,26,27,28). The molecule has 0 aromatic heterocycles. The van der Waals surface area contributed by atoms with Crippen LogP contribution in [0.15, 0.2) is 23.2 Å². The smallest absolute Gasteiger partial charge is 0.303 e. The Hall–Kier alpha value is -1.82. The minimum absolute atomic E-state index is 0.0191. The van der Waals surface area contributed by atoms with Gasteiger partial charge in [0.1, 0.15) is 0 Å². The Morgan fingerprint density at radius 2 is 1.73 bits per heavy atom. The summed E-state index contributed by atoms with van der Waals surface area (Å²) in [5.41, 5.74) is 2.94. The molecular formula is C19H27NO8S2. The lowest BCUT2D eigenvalue weighted by Crippen LogP contribution is -2.30. The Morgan fingerprint density at radius 3 is 2.30 bits per heavy atom. The zero-order valence-corrected chi connectivity index (χ0v) is 18.5. The molecule has 0 aliphatic carbocycles. The molecule has 3 N–H and O–H groups in total. The summed E-state index contributed by atoms with van der Waals surface area (Å²) in [7, 11) is -9.92. The summed E-state index contributed by atoms with van der Waals surface area (Å²) in [5, 5.41) is 8.74. The first-order valence-electron chi connectivity index (χ1n) is 9.59. The van der Waals surface area contributed by atoms with Crippen molar-refractivity contribution in [1.82, 2.24) is 0 Å². The van der Waals surface area contributed by atoms with Crippen molar-refractivity contribution < 1.29 is 35.8 Å². The summed E-state index contributed by atoms with van der Waals surface area (Å²) in [6.45, 7) is 3.96. The van der Waals surface area contributed by atoms with Gasteiger partial charge in [0.15, 0.2) is 0 Å². The SMILES string of the molecule is CC1=Nc2ccc(CCC(S(=O)(=O)O)S(=O)(=O)O)cc2C1(C)CCCCCC(=O)O. The quantitative estimate of drug-likeness (QED) is 0.335. The van der Waals surface area contributed by atoms with Crippen LogP contribution in [0, 0.1) is 0 Å². The Balaban J connectivity index is 2.15. The molecule has 1 unspecified atom stereocenters. The van der Waals surface area contributed by atoms with Crippen LogP contribution in [-0.2, 0) is 36.9 Å². The fraction of sp³-hybridized carbons (Fsp3) is 0.579. The molecule has 0 spiro atoms. The third kappa shape index (κ3) is 5.87. The van der Waals surface area contributed by atoms with Gasteiger partial charge in [-0.05, 0) is 49.8 Å². The summed E-state index contributed by atoms with van der Waals surface area (Å²) in [4.78, 5) is 15.2. The van der Waals surface area contributed by atoms with Crippen molar-refractivity contribution in [2.24, 2.45) is 4.99 Å². The van der Waals surface area contributed by atoms with E-state index in [9.17, 15) is 21.6 Å². The van der Waals surface area contributed by atoms with Crippen LogP contribution in [0.5, 0.6) is 0 Å². The summed E-state index contributed by atoms with van der Waals surface area (Å²) < 4.78 is 61.2. The van der Waals surface area contributed by atoms with Crippen molar-refractivity contribution in [3.05, 3.63) is 29.3 Å². The van der Waals surface area contributed by atoms with E-state index in [-0.39, 0.29) is 18.3 Å². The van der Waals surface area contributed by atoms with Gasteiger partial charge in [0.05, 0.1) is 5.69 Å². The second kappa shape index (κ2) is 9.13. The number of hydrogen-bond acceptors (Lipinski definition) is 6. The molecule has 0 amide bonds. The second-order valence-electron chi connectivity index (χ2n) is 7.83. The number of aliphatic imine (C=N–C) groups is 1. The van der Waals surface area contributed by atoms with Crippen molar-refractivity contribution in [1.29, 1.82) is 0 Å². The fourth-order valence-electron chi connectivity index (χ4n) is 3.76. The molecule has 30 heavy (non-hydrogen) atoms. The van der Waals surface area contributed by atoms with Gasteiger partial charge in [-0.3, -0.25) is 18.9 Å². The first-order valence-corrected chi connectivity index (χ1v) is 12.6. The minimum Gasteiger partial charge on any atom is -0.481 e. The van der Waals surface area contributed by atoms with Crippen LogP contribution in [-0.4, -0.2) is 47.3 Å². The van der Waals surface area contributed by atoms with Crippen LogP contribution in [0.25, 0.3) is 0 Å². The van der Waals surface area contributed by atoms with Gasteiger partial charge >= 0.3 is 5.97 Å². The maximum Gasteiger partial charge on any atom is 0.303 e. The zero-order valence-electron chi connectivity index (χ0n) is 16.9. The van der Waals surface area contributed by atoms with Gasteiger partial charge in [0.2, 0.25) is 4.58 Å². The van der Waals surface area contributed by atoms with Crippen LogP contribution in [0.4, 0.5) is 5.69 Å². The molecule has 2 rings (SSSR count). The van der Waals surface area contributed by atoms with Gasteiger partial charge in [-0.1, -0.05) is 31.9 Å². The number of carboxylic acid groups (broad SMARTS) is 1. The predicted octanol–water partition coefficient (Wildman–Crippen LogP) is 3.12. The maximum atomic E-state index is 11.3. The third-order valence-electron chi connectivity index (χ3n) is 5.64. The van der Waals surface area contributed by atoms with E-state index < -0.39 is 37.2 Å². The highest BCUT2D eigenvalue weighted by Gasteiger charge is 2.37. The van der Waals surface area contributed by atoms with E-state index in [1.807, 2.05) is 19.9 Å². The van der Waals surface area contributed by atoms with Crippen LogP contribution in [0.1, 0.15) is 63.5 Å². The number of carbonyl (C=O) groups is 1. The summed E-state index contributed by atoms with van der Waals surface area (Å²) in [5.74, 6) is -0.817. The van der Waals surface area contributed by atoms with Gasteiger partial charge in [-0.25, -0.2) is 0 Å². The van der Waals surface area contributed by atoms with Crippen LogP contribution in [0.2, 0.25) is 0 Å². The van der Waals surface area contributed by atoms with Crippen LogP contribution < -0.4 is 0 Å². The lowest BCUT2D eigenvalue weighted by atomic mass is 9.75. The van der Waals surface area contributed by atoms with E-state index in [2.05, 4.69) is 4.99 Å². The molecule has 11 heteroatoms. The maximum absolute atomic E-state index is 11.3. The summed E-state index contributed by atoms with van der Waals surface area (Å²) in [6.07, 6.45) is 2.61. The van der Waals surface area contributed by atoms with Crippen LogP contribution >= 0.6 is 0 Å². The number of fused-ring (bicyclic) bond motifs is 1. The molecule has 1 aromatic rings. The molecule has 1 aromatic carbocycles. The van der Waals surface area contributed by atoms with Crippen molar-refractivity contribution in [3.63, 3.8) is 0 Å². The van der Waals surface area contributed by atoms with Gasteiger partial charge in [-0.15, -0.1) is 0 Å². The normalized spacial score (nSPS) is 19.0. The predicted molar refractivity (Wildman–Crippen MR) is 112 cm³/mol. The molecular weight excluding hydrogens is 434 g/mol. The monoisotopic (exact) mass is 461 g/mol. The summed E-state index contributed by atoms with van der Waals surface area (Å²) in [6, 6.07) is 5.33. The number of aryl methyl sites for hydroxylation is 1. The highest BCUT2D eigenvalue weighted by atomic mass is 32.3. The van der Waals surface area contributed by atoms with E-state index in [0.29, 0.717) is 12.0 Å². The molecule has 1 atom stereocenters. The number of aliphatic carboxylic acids is 1. The van der Waals surface area contributed by atoms with Crippen molar-refractivity contribution in [3.8, 4) is 0 Å². The fourth-order valence-corrected chi connectivity index (χ4v) is 5.82. The Kier molecular flexibility index (Phi) is 7.44. The van der Waals surface area contributed by atoms with E-state index in [1.165, 1.54) is 0 Å². The molecule has 9 nitrogen and oxygen atoms in total. The van der Waals surface area contributed by atoms with Gasteiger partial charge in [-0.2, -0.15) is 16.8 Å². The molecule has 1 aliphatic rings. The van der Waals surface area contributed by atoms with Gasteiger partial charge < -0.3 is 5.11 Å². The van der Waals surface area contributed by atoms with E-state index >= 15 is 0 Å². The Bertz CT molecular complexity index is 1010. The van der Waals surface area contributed by atoms with Gasteiger partial charge in [0, 0.05) is 17.5 Å². The number of unbranched alkanes of at least 4 members (excludes halogenated alkanes) is 2. The Morgan fingerprint density at radius 1 is 1.10 bits per heavy atom. The van der Waals surface area contributed by atoms with Crippen molar-refractivity contribution >= 4 is 37.6 Å². The van der Waals surface area contributed by atoms with E-state index in [0.717, 1.165) is 36.2 Å². The lowest BCUT2D eigenvalue weighted by Gasteiger charge is -2.27. The average Bonchev–Trinajstić information content (AvgIpc) is 2.83. The number of rotatable bonds is 11.